The molecule has 1 amide bonds. The van der Waals surface area contributed by atoms with Crippen LogP contribution in [-0.4, -0.2) is 31.8 Å². The van der Waals surface area contributed by atoms with Gasteiger partial charge in [0.2, 0.25) is 5.91 Å². The Morgan fingerprint density at radius 3 is 2.68 bits per heavy atom. The van der Waals surface area contributed by atoms with E-state index in [9.17, 15) is 9.90 Å². The fourth-order valence-electron chi connectivity index (χ4n) is 2.03. The highest BCUT2D eigenvalue weighted by molar-refractivity contribution is 7.10. The maximum Gasteiger partial charge on any atom is 0.224 e. The Hall–Kier alpha value is -2.05. The molecule has 2 N–H and O–H groups in total. The minimum absolute atomic E-state index is 0.150. The highest BCUT2D eigenvalue weighted by Crippen LogP contribution is 2.27. The zero-order chi connectivity index (χ0) is 15.9. The van der Waals surface area contributed by atoms with Crippen molar-refractivity contribution in [2.75, 3.05) is 20.8 Å². The highest BCUT2D eigenvalue weighted by Gasteiger charge is 2.12. The van der Waals surface area contributed by atoms with E-state index in [0.717, 1.165) is 10.4 Å². The minimum atomic E-state index is -0.672. The molecule has 5 nitrogen and oxygen atoms in total. The van der Waals surface area contributed by atoms with Crippen molar-refractivity contribution >= 4 is 17.2 Å². The zero-order valence-electron chi connectivity index (χ0n) is 12.5. The number of thiophene rings is 1. The smallest absolute Gasteiger partial charge is 0.224 e. The minimum Gasteiger partial charge on any atom is -0.493 e. The van der Waals surface area contributed by atoms with E-state index in [1.165, 1.54) is 11.3 Å². The Kier molecular flexibility index (Phi) is 5.80. The number of ether oxygens (including phenoxy) is 2. The summed E-state index contributed by atoms with van der Waals surface area (Å²) < 4.78 is 10.4. The van der Waals surface area contributed by atoms with Gasteiger partial charge in [-0.1, -0.05) is 12.1 Å². The summed E-state index contributed by atoms with van der Waals surface area (Å²) in [4.78, 5) is 12.8. The van der Waals surface area contributed by atoms with E-state index in [1.54, 1.807) is 26.4 Å². The zero-order valence-corrected chi connectivity index (χ0v) is 13.4. The maximum atomic E-state index is 11.9. The molecule has 1 aromatic heterocycles. The first kappa shape index (κ1) is 16.3. The number of amides is 1. The molecule has 0 saturated carbocycles. The van der Waals surface area contributed by atoms with Crippen LogP contribution in [0.1, 0.15) is 16.5 Å². The molecule has 0 radical (unpaired) electrons. The molecular weight excluding hydrogens is 302 g/mol. The van der Waals surface area contributed by atoms with E-state index >= 15 is 0 Å². The molecule has 1 atom stereocenters. The topological polar surface area (TPSA) is 67.8 Å². The van der Waals surface area contributed by atoms with Crippen molar-refractivity contribution in [2.24, 2.45) is 0 Å². The molecule has 0 fully saturated rings. The average molecular weight is 321 g/mol. The van der Waals surface area contributed by atoms with Crippen LogP contribution < -0.4 is 14.8 Å². The number of hydrogen-bond donors (Lipinski definition) is 2. The molecule has 1 heterocycles. The van der Waals surface area contributed by atoms with Crippen molar-refractivity contribution in [3.8, 4) is 11.5 Å². The summed E-state index contributed by atoms with van der Waals surface area (Å²) in [6, 6.07) is 9.07. The molecular formula is C16H19NO4S. The van der Waals surface area contributed by atoms with Crippen LogP contribution in [0.3, 0.4) is 0 Å². The van der Waals surface area contributed by atoms with Gasteiger partial charge >= 0.3 is 0 Å². The van der Waals surface area contributed by atoms with Crippen molar-refractivity contribution in [3.63, 3.8) is 0 Å². The van der Waals surface area contributed by atoms with Crippen molar-refractivity contribution < 1.29 is 19.4 Å². The normalized spacial score (nSPS) is 11.8. The van der Waals surface area contributed by atoms with Crippen LogP contribution in [0.4, 0.5) is 0 Å². The van der Waals surface area contributed by atoms with Crippen molar-refractivity contribution in [3.05, 3.63) is 46.2 Å². The van der Waals surface area contributed by atoms with Gasteiger partial charge in [-0.15, -0.1) is 11.3 Å². The monoisotopic (exact) mass is 321 g/mol. The largest absolute Gasteiger partial charge is 0.493 e. The number of benzene rings is 1. The molecule has 1 aromatic carbocycles. The van der Waals surface area contributed by atoms with Crippen molar-refractivity contribution in [1.29, 1.82) is 0 Å². The second-order valence-corrected chi connectivity index (χ2v) is 5.68. The average Bonchev–Trinajstić information content (AvgIpc) is 3.07. The van der Waals surface area contributed by atoms with Crippen molar-refractivity contribution in [2.45, 2.75) is 12.5 Å². The van der Waals surface area contributed by atoms with Gasteiger partial charge in [0.15, 0.2) is 11.5 Å². The molecule has 2 aromatic rings. The summed E-state index contributed by atoms with van der Waals surface area (Å²) in [5.41, 5.74) is 0.820. The van der Waals surface area contributed by atoms with Gasteiger partial charge in [-0.2, -0.15) is 0 Å². The molecule has 22 heavy (non-hydrogen) atoms. The third-order valence-corrected chi connectivity index (χ3v) is 4.15. The van der Waals surface area contributed by atoms with Gasteiger partial charge in [-0.05, 0) is 29.1 Å². The molecule has 0 bridgehead atoms. The Balaban J connectivity index is 1.89. The first-order valence-corrected chi connectivity index (χ1v) is 7.71. The quantitative estimate of drug-likeness (QED) is 0.820. The first-order valence-electron chi connectivity index (χ1n) is 6.83. The first-order chi connectivity index (χ1) is 10.6. The summed E-state index contributed by atoms with van der Waals surface area (Å²) in [5, 5.41) is 14.6. The molecule has 0 saturated heterocycles. The van der Waals surface area contributed by atoms with Crippen molar-refractivity contribution in [1.82, 2.24) is 5.32 Å². The standard InChI is InChI=1S/C16H19NO4S/c1-20-13-6-5-11(8-14(13)21-2)9-16(19)17-10-12(18)15-4-3-7-22-15/h3-8,12,18H,9-10H2,1-2H3,(H,17,19). The molecule has 1 unspecified atom stereocenters. The molecule has 0 aliphatic carbocycles. The van der Waals surface area contributed by atoms with Crippen LogP contribution in [0.2, 0.25) is 0 Å². The van der Waals surface area contributed by atoms with E-state index < -0.39 is 6.10 Å². The van der Waals surface area contributed by atoms with Crippen LogP contribution in [0.25, 0.3) is 0 Å². The Bertz CT molecular complexity index is 613. The predicted molar refractivity (Wildman–Crippen MR) is 85.5 cm³/mol. The van der Waals surface area contributed by atoms with E-state index in [4.69, 9.17) is 9.47 Å². The summed E-state index contributed by atoms with van der Waals surface area (Å²) >= 11 is 1.46. The lowest BCUT2D eigenvalue weighted by molar-refractivity contribution is -0.120. The van der Waals surface area contributed by atoms with Crippen LogP contribution in [-0.2, 0) is 11.2 Å². The van der Waals surface area contributed by atoms with Crippen LogP contribution in [0.5, 0.6) is 11.5 Å². The van der Waals surface area contributed by atoms with Gasteiger partial charge in [-0.3, -0.25) is 4.79 Å². The number of carbonyl (C=O) groups is 1. The lowest BCUT2D eigenvalue weighted by Crippen LogP contribution is -2.29. The molecule has 0 aliphatic rings. The van der Waals surface area contributed by atoms with E-state index in [2.05, 4.69) is 5.32 Å². The highest BCUT2D eigenvalue weighted by atomic mass is 32.1. The van der Waals surface area contributed by atoms with Crippen LogP contribution >= 0.6 is 11.3 Å². The van der Waals surface area contributed by atoms with Gasteiger partial charge in [0.05, 0.1) is 20.6 Å². The Labute approximate surface area is 133 Å². The SMILES string of the molecule is COc1ccc(CC(=O)NCC(O)c2cccs2)cc1OC. The summed E-state index contributed by atoms with van der Waals surface area (Å²) in [7, 11) is 3.12. The molecule has 118 valence electrons. The molecule has 2 rings (SSSR count). The van der Waals surface area contributed by atoms with Gasteiger partial charge in [0.25, 0.3) is 0 Å². The second-order valence-electron chi connectivity index (χ2n) is 4.70. The number of aliphatic hydroxyl groups is 1. The van der Waals surface area contributed by atoms with Crippen LogP contribution in [0, 0.1) is 0 Å². The van der Waals surface area contributed by atoms with Gasteiger partial charge in [0.1, 0.15) is 6.10 Å². The molecule has 0 aliphatic heterocycles. The maximum absolute atomic E-state index is 11.9. The lowest BCUT2D eigenvalue weighted by atomic mass is 10.1. The predicted octanol–water partition coefficient (Wildman–Crippen LogP) is 2.16. The number of aliphatic hydroxyl groups excluding tert-OH is 1. The molecule has 0 spiro atoms. The van der Waals surface area contributed by atoms with Gasteiger partial charge < -0.3 is 19.9 Å². The van der Waals surface area contributed by atoms with E-state index in [-0.39, 0.29) is 18.9 Å². The summed E-state index contributed by atoms with van der Waals surface area (Å²) in [6.45, 7) is 0.201. The van der Waals surface area contributed by atoms with Crippen LogP contribution in [0.15, 0.2) is 35.7 Å². The Morgan fingerprint density at radius 2 is 2.05 bits per heavy atom. The fraction of sp³-hybridized carbons (Fsp3) is 0.312. The molecule has 6 heteroatoms. The lowest BCUT2D eigenvalue weighted by Gasteiger charge is -2.12. The third-order valence-electron chi connectivity index (χ3n) is 3.18. The number of hydrogen-bond acceptors (Lipinski definition) is 5. The number of carbonyl (C=O) groups excluding carboxylic acids is 1. The fourth-order valence-corrected chi connectivity index (χ4v) is 2.74. The third kappa shape index (κ3) is 4.22. The van der Waals surface area contributed by atoms with E-state index in [1.807, 2.05) is 23.6 Å². The summed E-state index contributed by atoms with van der Waals surface area (Å²) in [6.07, 6.45) is -0.452. The number of rotatable bonds is 7. The number of methoxy groups -OCH3 is 2. The Morgan fingerprint density at radius 1 is 1.27 bits per heavy atom. The second kappa shape index (κ2) is 7.82. The summed E-state index contributed by atoms with van der Waals surface area (Å²) in [5.74, 6) is 1.06. The van der Waals surface area contributed by atoms with Gasteiger partial charge in [0, 0.05) is 11.4 Å². The van der Waals surface area contributed by atoms with E-state index in [0.29, 0.717) is 11.5 Å². The van der Waals surface area contributed by atoms with Gasteiger partial charge in [-0.25, -0.2) is 0 Å². The number of nitrogens with one attached hydrogen (secondary N) is 1.